The van der Waals surface area contributed by atoms with E-state index in [1.807, 2.05) is 23.5 Å². The Bertz CT molecular complexity index is 1380. The highest BCUT2D eigenvalue weighted by Gasteiger charge is 2.38. The van der Waals surface area contributed by atoms with Gasteiger partial charge in [-0.05, 0) is 28.3 Å². The fourth-order valence-corrected chi connectivity index (χ4v) is 7.92. The van der Waals surface area contributed by atoms with Crippen molar-refractivity contribution in [3.63, 3.8) is 0 Å². The third-order valence-electron chi connectivity index (χ3n) is 6.59. The molecule has 0 aromatic heterocycles. The Kier molecular flexibility index (Phi) is 5.19. The molecule has 1 heterocycles. The van der Waals surface area contributed by atoms with Gasteiger partial charge in [-0.15, -0.1) is 23.5 Å². The SMILES string of the molecule is COc1cc2c3c(c4c(c2c(OC)c1OC)C(c1ccccc1)c1ccccc1-4)SCCS3. The van der Waals surface area contributed by atoms with E-state index in [9.17, 15) is 0 Å². The predicted octanol–water partition coefficient (Wildman–Crippen LogP) is 7.22. The van der Waals surface area contributed by atoms with Gasteiger partial charge in [0.2, 0.25) is 5.75 Å². The van der Waals surface area contributed by atoms with Crippen molar-refractivity contribution in [2.45, 2.75) is 15.7 Å². The highest BCUT2D eigenvalue weighted by atomic mass is 32.2. The molecule has 0 radical (unpaired) electrons. The molecule has 0 bridgehead atoms. The lowest BCUT2D eigenvalue weighted by Crippen LogP contribution is -2.05. The third kappa shape index (κ3) is 2.99. The van der Waals surface area contributed by atoms with Gasteiger partial charge in [-0.2, -0.15) is 0 Å². The molecule has 5 heteroatoms. The van der Waals surface area contributed by atoms with Crippen LogP contribution in [-0.4, -0.2) is 32.8 Å². The average molecular weight is 473 g/mol. The number of ether oxygens (including phenoxy) is 3. The van der Waals surface area contributed by atoms with Crippen molar-refractivity contribution in [3.8, 4) is 28.4 Å². The number of thioether (sulfide) groups is 2. The standard InChI is InChI=1S/C28H24O3S2/c1-29-20-15-19-22(26(31-3)25(20)30-2)24-21(16-9-5-4-6-10-16)17-11-7-8-12-18(17)23(24)28-27(19)32-13-14-33-28/h4-12,15,21H,13-14H2,1-3H3. The van der Waals surface area contributed by atoms with E-state index in [-0.39, 0.29) is 5.92 Å². The predicted molar refractivity (Wildman–Crippen MR) is 138 cm³/mol. The summed E-state index contributed by atoms with van der Waals surface area (Å²) in [4.78, 5) is 2.71. The fourth-order valence-electron chi connectivity index (χ4n) is 5.33. The van der Waals surface area contributed by atoms with Gasteiger partial charge in [0, 0.05) is 43.6 Å². The van der Waals surface area contributed by atoms with Gasteiger partial charge in [0.05, 0.1) is 21.3 Å². The smallest absolute Gasteiger partial charge is 0.203 e. The van der Waals surface area contributed by atoms with Crippen LogP contribution in [0.1, 0.15) is 22.6 Å². The second kappa shape index (κ2) is 8.23. The van der Waals surface area contributed by atoms with Gasteiger partial charge >= 0.3 is 0 Å². The maximum atomic E-state index is 6.07. The summed E-state index contributed by atoms with van der Waals surface area (Å²) in [5.74, 6) is 4.42. The van der Waals surface area contributed by atoms with Crippen LogP contribution in [-0.2, 0) is 0 Å². The van der Waals surface area contributed by atoms with Gasteiger partial charge in [0.1, 0.15) is 0 Å². The molecule has 1 unspecified atom stereocenters. The summed E-state index contributed by atoms with van der Waals surface area (Å²) < 4.78 is 17.6. The molecule has 4 aromatic rings. The van der Waals surface area contributed by atoms with Crippen molar-refractivity contribution in [1.82, 2.24) is 0 Å². The molecule has 1 atom stereocenters. The Morgan fingerprint density at radius 2 is 1.45 bits per heavy atom. The number of methoxy groups -OCH3 is 3. The monoisotopic (exact) mass is 472 g/mol. The number of rotatable bonds is 4. The topological polar surface area (TPSA) is 27.7 Å². The van der Waals surface area contributed by atoms with Crippen molar-refractivity contribution in [3.05, 3.63) is 77.4 Å². The molecule has 0 fully saturated rings. The van der Waals surface area contributed by atoms with Gasteiger partial charge < -0.3 is 14.2 Å². The van der Waals surface area contributed by atoms with Crippen molar-refractivity contribution in [2.24, 2.45) is 0 Å². The number of fused-ring (bicyclic) bond motifs is 8. The molecule has 2 aliphatic rings. The zero-order chi connectivity index (χ0) is 22.5. The molecular formula is C28H24O3S2. The van der Waals surface area contributed by atoms with Crippen molar-refractivity contribution >= 4 is 34.3 Å². The third-order valence-corrected chi connectivity index (χ3v) is 9.20. The minimum Gasteiger partial charge on any atom is -0.493 e. The normalized spacial score (nSPS) is 16.2. The van der Waals surface area contributed by atoms with Crippen LogP contribution in [0.15, 0.2) is 70.5 Å². The molecule has 1 aliphatic carbocycles. The minimum absolute atomic E-state index is 0.129. The first-order valence-corrected chi connectivity index (χ1v) is 13.0. The largest absolute Gasteiger partial charge is 0.493 e. The highest BCUT2D eigenvalue weighted by molar-refractivity contribution is 8.05. The van der Waals surface area contributed by atoms with Gasteiger partial charge in [0.25, 0.3) is 0 Å². The maximum Gasteiger partial charge on any atom is 0.203 e. The lowest BCUT2D eigenvalue weighted by molar-refractivity contribution is 0.327. The number of hydrogen-bond acceptors (Lipinski definition) is 5. The molecule has 6 rings (SSSR count). The molecule has 33 heavy (non-hydrogen) atoms. The van der Waals surface area contributed by atoms with Crippen LogP contribution in [0.4, 0.5) is 0 Å². The Labute approximate surface area is 202 Å². The first-order valence-electron chi connectivity index (χ1n) is 11.0. The van der Waals surface area contributed by atoms with E-state index in [2.05, 4.69) is 60.7 Å². The second-order valence-electron chi connectivity index (χ2n) is 8.14. The molecule has 3 nitrogen and oxygen atoms in total. The summed E-state index contributed by atoms with van der Waals surface area (Å²) in [6.07, 6.45) is 0. The molecule has 166 valence electrons. The van der Waals surface area contributed by atoms with Gasteiger partial charge in [-0.3, -0.25) is 0 Å². The van der Waals surface area contributed by atoms with E-state index in [4.69, 9.17) is 14.2 Å². The van der Waals surface area contributed by atoms with Crippen molar-refractivity contribution in [2.75, 3.05) is 32.8 Å². The quantitative estimate of drug-likeness (QED) is 0.275. The molecule has 4 aromatic carbocycles. The van der Waals surface area contributed by atoms with Crippen LogP contribution >= 0.6 is 23.5 Å². The first kappa shape index (κ1) is 20.8. The van der Waals surface area contributed by atoms with Gasteiger partial charge in [-0.1, -0.05) is 54.6 Å². The van der Waals surface area contributed by atoms with E-state index >= 15 is 0 Å². The fraction of sp³-hybridized carbons (Fsp3) is 0.214. The zero-order valence-corrected chi connectivity index (χ0v) is 20.4. The zero-order valence-electron chi connectivity index (χ0n) is 18.8. The Balaban J connectivity index is 1.84. The summed E-state index contributed by atoms with van der Waals surface area (Å²) in [6.45, 7) is 0. The van der Waals surface area contributed by atoms with E-state index in [1.165, 1.54) is 43.0 Å². The highest BCUT2D eigenvalue weighted by Crippen LogP contribution is 2.61. The van der Waals surface area contributed by atoms with E-state index in [0.717, 1.165) is 22.6 Å². The van der Waals surface area contributed by atoms with Crippen molar-refractivity contribution in [1.29, 1.82) is 0 Å². The Morgan fingerprint density at radius 3 is 2.18 bits per heavy atom. The first-order chi connectivity index (χ1) is 16.3. The summed E-state index contributed by atoms with van der Waals surface area (Å²) in [5, 5.41) is 2.31. The number of benzene rings is 4. The Hall–Kier alpha value is -2.76. The van der Waals surface area contributed by atoms with Crippen LogP contribution in [0.5, 0.6) is 17.2 Å². The number of hydrogen-bond donors (Lipinski definition) is 0. The van der Waals surface area contributed by atoms with Crippen LogP contribution in [0.25, 0.3) is 21.9 Å². The van der Waals surface area contributed by atoms with Crippen LogP contribution in [0.2, 0.25) is 0 Å². The van der Waals surface area contributed by atoms with Crippen molar-refractivity contribution < 1.29 is 14.2 Å². The van der Waals surface area contributed by atoms with Gasteiger partial charge in [-0.25, -0.2) is 0 Å². The average Bonchev–Trinajstić information content (AvgIpc) is 3.23. The minimum atomic E-state index is 0.129. The molecule has 0 amide bonds. The molecular weight excluding hydrogens is 448 g/mol. The van der Waals surface area contributed by atoms with Crippen LogP contribution in [0.3, 0.4) is 0 Å². The lowest BCUT2D eigenvalue weighted by atomic mass is 9.86. The summed E-state index contributed by atoms with van der Waals surface area (Å²) in [7, 11) is 5.09. The maximum absolute atomic E-state index is 6.07. The summed E-state index contributed by atoms with van der Waals surface area (Å²) in [6, 6.07) is 21.8. The summed E-state index contributed by atoms with van der Waals surface area (Å²) >= 11 is 3.91. The molecule has 1 aliphatic heterocycles. The van der Waals surface area contributed by atoms with Gasteiger partial charge in [0.15, 0.2) is 11.5 Å². The summed E-state index contributed by atoms with van der Waals surface area (Å²) in [5.41, 5.74) is 6.62. The van der Waals surface area contributed by atoms with E-state index < -0.39 is 0 Å². The molecule has 0 N–H and O–H groups in total. The lowest BCUT2D eigenvalue weighted by Gasteiger charge is -2.26. The van der Waals surface area contributed by atoms with E-state index in [1.54, 1.807) is 21.3 Å². The molecule has 0 saturated heterocycles. The van der Waals surface area contributed by atoms with Crippen LogP contribution in [0, 0.1) is 0 Å². The molecule has 0 saturated carbocycles. The van der Waals surface area contributed by atoms with Crippen LogP contribution < -0.4 is 14.2 Å². The second-order valence-corrected chi connectivity index (χ2v) is 10.4. The van der Waals surface area contributed by atoms with E-state index in [0.29, 0.717) is 11.5 Å². The molecule has 0 spiro atoms. The Morgan fingerprint density at radius 1 is 0.758 bits per heavy atom.